The predicted octanol–water partition coefficient (Wildman–Crippen LogP) is 2.95. The predicted molar refractivity (Wildman–Crippen MR) is 121 cm³/mol. The molecule has 2 heterocycles. The fourth-order valence-corrected chi connectivity index (χ4v) is 3.00. The van der Waals surface area contributed by atoms with Crippen molar-refractivity contribution in [3.05, 3.63) is 59.0 Å². The highest BCUT2D eigenvalue weighted by molar-refractivity contribution is 6.30. The van der Waals surface area contributed by atoms with Gasteiger partial charge in [0.05, 0.1) is 18.1 Å². The molecule has 1 aliphatic heterocycles. The lowest BCUT2D eigenvalue weighted by atomic mass is 10.2. The van der Waals surface area contributed by atoms with Gasteiger partial charge in [0.1, 0.15) is 5.82 Å². The molecule has 10 heteroatoms. The van der Waals surface area contributed by atoms with E-state index in [4.69, 9.17) is 21.2 Å². The summed E-state index contributed by atoms with van der Waals surface area (Å²) >= 11 is 5.84. The second kappa shape index (κ2) is 12.1. The monoisotopic (exact) mass is 459 g/mol. The minimum atomic E-state index is -0.409. The zero-order valence-corrected chi connectivity index (χ0v) is 18.5. The summed E-state index contributed by atoms with van der Waals surface area (Å²) in [6.07, 6.45) is 8.32. The van der Waals surface area contributed by atoms with E-state index < -0.39 is 12.2 Å². The third kappa shape index (κ3) is 7.92. The van der Waals surface area contributed by atoms with Gasteiger partial charge in [0.15, 0.2) is 6.29 Å². The van der Waals surface area contributed by atoms with Crippen molar-refractivity contribution in [2.24, 2.45) is 0 Å². The third-order valence-electron chi connectivity index (χ3n) is 4.58. The lowest BCUT2D eigenvalue weighted by molar-refractivity contribution is -0.198. The number of nitrogens with zero attached hydrogens (tertiary/aromatic N) is 2. The number of aromatic nitrogens is 2. The number of ether oxygens (including phenoxy) is 1. The fraction of sp³-hybridized carbons (Fsp3) is 0.364. The Bertz CT molecular complexity index is 915. The van der Waals surface area contributed by atoms with E-state index in [1.54, 1.807) is 30.5 Å². The summed E-state index contributed by atoms with van der Waals surface area (Å²) in [5.41, 5.74) is 3.40. The van der Waals surface area contributed by atoms with Gasteiger partial charge in [-0.25, -0.2) is 15.3 Å². The summed E-state index contributed by atoms with van der Waals surface area (Å²) in [4.78, 5) is 37.7. The maximum Gasteiger partial charge on any atom is 0.267 e. The van der Waals surface area contributed by atoms with Gasteiger partial charge in [-0.15, -0.1) is 0 Å². The summed E-state index contributed by atoms with van der Waals surface area (Å²) in [6, 6.07) is 6.61. The van der Waals surface area contributed by atoms with Gasteiger partial charge >= 0.3 is 0 Å². The Hall–Kier alpha value is -3.01. The molecule has 0 aliphatic carbocycles. The summed E-state index contributed by atoms with van der Waals surface area (Å²) in [7, 11) is 0. The molecule has 1 fully saturated rings. The van der Waals surface area contributed by atoms with Crippen molar-refractivity contribution in [1.29, 1.82) is 0 Å². The number of carbonyl (C=O) groups is 2. The molecular weight excluding hydrogens is 434 g/mol. The minimum absolute atomic E-state index is 0.0770. The van der Waals surface area contributed by atoms with E-state index in [0.29, 0.717) is 35.2 Å². The molecule has 170 valence electrons. The standard InChI is InChI=1S/C22H26ClN5O4/c1-15(12-26-22(30)16-5-7-17(23)8-6-16)27-19-14-24-18(13-25-19)9-10-20(29)28-32-21-4-2-3-11-31-21/h5-10,13-15,21H,2-4,11-12H2,1H3,(H,25,27)(H,26,30)(H,28,29)/t15-,21?/m1/s1. The van der Waals surface area contributed by atoms with Crippen LogP contribution in [0.1, 0.15) is 42.2 Å². The number of hydrogen-bond acceptors (Lipinski definition) is 7. The topological polar surface area (TPSA) is 114 Å². The molecule has 2 atom stereocenters. The summed E-state index contributed by atoms with van der Waals surface area (Å²) in [6.45, 7) is 2.95. The molecule has 0 saturated carbocycles. The van der Waals surface area contributed by atoms with Crippen LogP contribution in [0.15, 0.2) is 42.7 Å². The van der Waals surface area contributed by atoms with E-state index in [2.05, 4.69) is 26.1 Å². The van der Waals surface area contributed by atoms with Gasteiger partial charge in [0.25, 0.3) is 11.8 Å². The van der Waals surface area contributed by atoms with E-state index in [-0.39, 0.29) is 11.9 Å². The van der Waals surface area contributed by atoms with E-state index in [1.807, 2.05) is 6.92 Å². The molecule has 1 aliphatic rings. The normalized spacial score (nSPS) is 17.0. The largest absolute Gasteiger partial charge is 0.365 e. The van der Waals surface area contributed by atoms with E-state index in [1.165, 1.54) is 18.3 Å². The Labute approximate surface area is 191 Å². The quantitative estimate of drug-likeness (QED) is 0.390. The van der Waals surface area contributed by atoms with Crippen LogP contribution in [0.25, 0.3) is 6.08 Å². The van der Waals surface area contributed by atoms with Crippen LogP contribution in [-0.2, 0) is 14.4 Å². The van der Waals surface area contributed by atoms with Crippen molar-refractivity contribution in [3.63, 3.8) is 0 Å². The van der Waals surface area contributed by atoms with Gasteiger partial charge in [0, 0.05) is 42.3 Å². The maximum absolute atomic E-state index is 12.2. The van der Waals surface area contributed by atoms with Gasteiger partial charge < -0.3 is 15.4 Å². The van der Waals surface area contributed by atoms with Crippen LogP contribution in [0.3, 0.4) is 0 Å². The van der Waals surface area contributed by atoms with Crippen LogP contribution >= 0.6 is 11.6 Å². The van der Waals surface area contributed by atoms with Crippen LogP contribution in [0.4, 0.5) is 5.82 Å². The zero-order valence-electron chi connectivity index (χ0n) is 17.7. The number of amides is 2. The van der Waals surface area contributed by atoms with Crippen molar-refractivity contribution in [3.8, 4) is 0 Å². The molecule has 32 heavy (non-hydrogen) atoms. The molecule has 1 unspecified atom stereocenters. The van der Waals surface area contributed by atoms with Crippen molar-refractivity contribution in [2.75, 3.05) is 18.5 Å². The molecule has 1 aromatic carbocycles. The molecule has 3 N–H and O–H groups in total. The lowest BCUT2D eigenvalue weighted by Gasteiger charge is -2.21. The van der Waals surface area contributed by atoms with Gasteiger partial charge in [-0.2, -0.15) is 0 Å². The Morgan fingerprint density at radius 2 is 2.06 bits per heavy atom. The van der Waals surface area contributed by atoms with Crippen LogP contribution in [0.2, 0.25) is 5.02 Å². The number of hydrogen-bond donors (Lipinski definition) is 3. The number of carbonyl (C=O) groups excluding carboxylic acids is 2. The smallest absolute Gasteiger partial charge is 0.267 e. The molecular formula is C22H26ClN5O4. The van der Waals surface area contributed by atoms with Crippen LogP contribution in [-0.4, -0.2) is 47.3 Å². The molecule has 0 spiro atoms. The first-order chi connectivity index (χ1) is 15.5. The minimum Gasteiger partial charge on any atom is -0.365 e. The van der Waals surface area contributed by atoms with E-state index in [0.717, 1.165) is 19.3 Å². The van der Waals surface area contributed by atoms with Crippen LogP contribution < -0.4 is 16.1 Å². The number of rotatable bonds is 9. The Balaban J connectivity index is 1.39. The second-order valence-electron chi connectivity index (χ2n) is 7.30. The number of halogens is 1. The SMILES string of the molecule is C[C@H](CNC(=O)c1ccc(Cl)cc1)Nc1cnc(C=CC(=O)NOC2CCCCO2)cn1. The second-order valence-corrected chi connectivity index (χ2v) is 7.74. The van der Waals surface area contributed by atoms with Crippen molar-refractivity contribution >= 4 is 35.3 Å². The van der Waals surface area contributed by atoms with Crippen molar-refractivity contribution in [2.45, 2.75) is 38.5 Å². The molecule has 3 rings (SSSR count). The molecule has 0 radical (unpaired) electrons. The van der Waals surface area contributed by atoms with Crippen molar-refractivity contribution < 1.29 is 19.2 Å². The Morgan fingerprint density at radius 3 is 2.75 bits per heavy atom. The zero-order chi connectivity index (χ0) is 22.8. The number of nitrogens with one attached hydrogen (secondary N) is 3. The molecule has 1 aromatic heterocycles. The first kappa shape index (κ1) is 23.6. The van der Waals surface area contributed by atoms with Gasteiger partial charge in [-0.05, 0) is 50.1 Å². The van der Waals surface area contributed by atoms with Crippen LogP contribution in [0.5, 0.6) is 0 Å². The molecule has 2 amide bonds. The maximum atomic E-state index is 12.2. The first-order valence-corrected chi connectivity index (χ1v) is 10.7. The summed E-state index contributed by atoms with van der Waals surface area (Å²) in [5, 5.41) is 6.59. The van der Waals surface area contributed by atoms with E-state index in [9.17, 15) is 9.59 Å². The van der Waals surface area contributed by atoms with Crippen LogP contribution in [0, 0.1) is 0 Å². The molecule has 2 aromatic rings. The Morgan fingerprint density at radius 1 is 1.25 bits per heavy atom. The number of benzene rings is 1. The molecule has 1 saturated heterocycles. The highest BCUT2D eigenvalue weighted by Gasteiger charge is 2.15. The summed E-state index contributed by atoms with van der Waals surface area (Å²) in [5.74, 6) is -0.0370. The third-order valence-corrected chi connectivity index (χ3v) is 4.83. The number of hydroxylamine groups is 1. The lowest BCUT2D eigenvalue weighted by Crippen LogP contribution is -2.34. The summed E-state index contributed by atoms with van der Waals surface area (Å²) < 4.78 is 5.37. The van der Waals surface area contributed by atoms with Gasteiger partial charge in [-0.1, -0.05) is 11.6 Å². The van der Waals surface area contributed by atoms with Crippen molar-refractivity contribution in [1.82, 2.24) is 20.8 Å². The fourth-order valence-electron chi connectivity index (χ4n) is 2.87. The van der Waals surface area contributed by atoms with Gasteiger partial charge in [-0.3, -0.25) is 14.6 Å². The highest BCUT2D eigenvalue weighted by atomic mass is 35.5. The molecule has 0 bridgehead atoms. The average Bonchev–Trinajstić information content (AvgIpc) is 2.82. The first-order valence-electron chi connectivity index (χ1n) is 10.4. The number of anilines is 1. The van der Waals surface area contributed by atoms with Gasteiger partial charge in [0.2, 0.25) is 0 Å². The van der Waals surface area contributed by atoms with E-state index >= 15 is 0 Å². The Kier molecular flexibility index (Phi) is 8.97. The highest BCUT2D eigenvalue weighted by Crippen LogP contribution is 2.12. The molecule has 9 nitrogen and oxygen atoms in total. The average molecular weight is 460 g/mol.